The molecule has 1 rings (SSSR count). The van der Waals surface area contributed by atoms with E-state index in [4.69, 9.17) is 5.11 Å². The molecule has 1 atom stereocenters. The lowest BCUT2D eigenvalue weighted by Gasteiger charge is -2.12. The Labute approximate surface area is 124 Å². The van der Waals surface area contributed by atoms with Crippen molar-refractivity contribution in [2.45, 2.75) is 19.4 Å². The maximum absolute atomic E-state index is 11.9. The van der Waals surface area contributed by atoms with E-state index in [-0.39, 0.29) is 5.91 Å². The van der Waals surface area contributed by atoms with Crippen molar-refractivity contribution in [1.29, 1.82) is 0 Å². The van der Waals surface area contributed by atoms with E-state index in [1.54, 1.807) is 12.1 Å². The number of carbonyl (C=O) groups excluding carboxylic acids is 2. The molecule has 0 saturated carbocycles. The molecule has 0 fully saturated rings. The van der Waals surface area contributed by atoms with Gasteiger partial charge in [-0.2, -0.15) is 11.8 Å². The number of rotatable bonds is 7. The van der Waals surface area contributed by atoms with Crippen LogP contribution >= 0.6 is 23.1 Å². The molecular formula is C12H16N2O4S2. The molecule has 3 N–H and O–H groups in total. The van der Waals surface area contributed by atoms with E-state index in [9.17, 15) is 14.4 Å². The van der Waals surface area contributed by atoms with Crippen molar-refractivity contribution < 1.29 is 19.5 Å². The number of thiophene rings is 1. The van der Waals surface area contributed by atoms with Crippen LogP contribution in [0.4, 0.5) is 5.00 Å². The zero-order valence-electron chi connectivity index (χ0n) is 11.1. The lowest BCUT2D eigenvalue weighted by Crippen LogP contribution is -2.40. The largest absolute Gasteiger partial charge is 0.480 e. The van der Waals surface area contributed by atoms with Gasteiger partial charge in [-0.25, -0.2) is 4.79 Å². The van der Waals surface area contributed by atoms with E-state index in [1.807, 2.05) is 6.26 Å². The van der Waals surface area contributed by atoms with Crippen LogP contribution in [0, 0.1) is 0 Å². The molecule has 0 aromatic carbocycles. The highest BCUT2D eigenvalue weighted by Gasteiger charge is 2.21. The van der Waals surface area contributed by atoms with Crippen LogP contribution < -0.4 is 10.6 Å². The summed E-state index contributed by atoms with van der Waals surface area (Å²) in [5.41, 5.74) is 0. The molecule has 1 heterocycles. The van der Waals surface area contributed by atoms with Gasteiger partial charge in [-0.15, -0.1) is 11.3 Å². The van der Waals surface area contributed by atoms with Gasteiger partial charge >= 0.3 is 5.97 Å². The molecule has 0 bridgehead atoms. The number of anilines is 1. The number of hydrogen-bond acceptors (Lipinski definition) is 5. The highest BCUT2D eigenvalue weighted by atomic mass is 32.2. The summed E-state index contributed by atoms with van der Waals surface area (Å²) in [7, 11) is 0. The molecule has 0 spiro atoms. The summed E-state index contributed by atoms with van der Waals surface area (Å²) >= 11 is 2.63. The highest BCUT2D eigenvalue weighted by molar-refractivity contribution is 7.98. The number of hydrogen-bond donors (Lipinski definition) is 3. The van der Waals surface area contributed by atoms with Crippen molar-refractivity contribution in [3.8, 4) is 0 Å². The van der Waals surface area contributed by atoms with Crippen LogP contribution in [-0.2, 0) is 9.59 Å². The third-order valence-electron chi connectivity index (χ3n) is 2.34. The van der Waals surface area contributed by atoms with Gasteiger partial charge in [0.25, 0.3) is 5.91 Å². The Morgan fingerprint density at radius 3 is 2.65 bits per heavy atom. The standard InChI is InChI=1S/C12H16N2O4S2/c1-7(15)13-10-4-3-9(20-10)11(16)14-8(12(17)18)5-6-19-2/h3-4,8H,5-6H2,1-2H3,(H,13,15)(H,14,16)(H,17,18)/t8-/m0/s1. The molecule has 0 unspecified atom stereocenters. The molecule has 8 heteroatoms. The third kappa shape index (κ3) is 5.22. The lowest BCUT2D eigenvalue weighted by molar-refractivity contribution is -0.139. The molecule has 1 aromatic heterocycles. The van der Waals surface area contributed by atoms with Crippen LogP contribution in [0.25, 0.3) is 0 Å². The predicted molar refractivity (Wildman–Crippen MR) is 80.5 cm³/mol. The fraction of sp³-hybridized carbons (Fsp3) is 0.417. The Hall–Kier alpha value is -1.54. The van der Waals surface area contributed by atoms with Gasteiger partial charge in [-0.1, -0.05) is 0 Å². The lowest BCUT2D eigenvalue weighted by atomic mass is 10.2. The summed E-state index contributed by atoms with van der Waals surface area (Å²) < 4.78 is 0. The molecule has 20 heavy (non-hydrogen) atoms. The average Bonchev–Trinajstić information content (AvgIpc) is 2.81. The van der Waals surface area contributed by atoms with Gasteiger partial charge < -0.3 is 15.7 Å². The van der Waals surface area contributed by atoms with Crippen molar-refractivity contribution in [2.24, 2.45) is 0 Å². The van der Waals surface area contributed by atoms with Gasteiger partial charge in [-0.05, 0) is 30.6 Å². The zero-order valence-corrected chi connectivity index (χ0v) is 12.8. The monoisotopic (exact) mass is 316 g/mol. The van der Waals surface area contributed by atoms with E-state index in [0.29, 0.717) is 22.1 Å². The van der Waals surface area contributed by atoms with Crippen molar-refractivity contribution in [1.82, 2.24) is 5.32 Å². The van der Waals surface area contributed by atoms with E-state index < -0.39 is 17.9 Å². The van der Waals surface area contributed by atoms with Crippen molar-refractivity contribution in [3.63, 3.8) is 0 Å². The second kappa shape index (κ2) is 7.91. The van der Waals surface area contributed by atoms with Crippen molar-refractivity contribution >= 4 is 45.9 Å². The highest BCUT2D eigenvalue weighted by Crippen LogP contribution is 2.21. The number of aliphatic carboxylic acids is 1. The van der Waals surface area contributed by atoms with E-state index in [1.165, 1.54) is 18.7 Å². The van der Waals surface area contributed by atoms with E-state index in [0.717, 1.165) is 11.3 Å². The molecule has 1 aromatic rings. The third-order valence-corrected chi connectivity index (χ3v) is 3.99. The molecule has 0 aliphatic rings. The van der Waals surface area contributed by atoms with Crippen LogP contribution in [0.2, 0.25) is 0 Å². The minimum absolute atomic E-state index is 0.220. The second-order valence-corrected chi connectivity index (χ2v) is 6.06. The first kappa shape index (κ1) is 16.5. The Bertz CT molecular complexity index is 501. The van der Waals surface area contributed by atoms with Gasteiger partial charge in [0.15, 0.2) is 0 Å². The van der Waals surface area contributed by atoms with Crippen LogP contribution in [0.3, 0.4) is 0 Å². The average molecular weight is 316 g/mol. The Kier molecular flexibility index (Phi) is 6.53. The Morgan fingerprint density at radius 2 is 2.10 bits per heavy atom. The van der Waals surface area contributed by atoms with E-state index >= 15 is 0 Å². The first-order chi connectivity index (χ1) is 9.43. The molecule has 0 aliphatic heterocycles. The Morgan fingerprint density at radius 1 is 1.40 bits per heavy atom. The maximum Gasteiger partial charge on any atom is 0.326 e. The smallest absolute Gasteiger partial charge is 0.326 e. The first-order valence-electron chi connectivity index (χ1n) is 5.84. The van der Waals surface area contributed by atoms with Gasteiger partial charge in [0, 0.05) is 6.92 Å². The maximum atomic E-state index is 11.9. The summed E-state index contributed by atoms with van der Waals surface area (Å²) in [6.07, 6.45) is 2.24. The van der Waals surface area contributed by atoms with Crippen LogP contribution in [0.1, 0.15) is 23.0 Å². The quantitative estimate of drug-likeness (QED) is 0.711. The molecule has 2 amide bonds. The van der Waals surface area contributed by atoms with Crippen LogP contribution in [-0.4, -0.2) is 40.9 Å². The number of carboxylic acid groups (broad SMARTS) is 1. The number of carbonyl (C=O) groups is 3. The van der Waals surface area contributed by atoms with Gasteiger partial charge in [0.2, 0.25) is 5.91 Å². The van der Waals surface area contributed by atoms with Crippen LogP contribution in [0.15, 0.2) is 12.1 Å². The first-order valence-corrected chi connectivity index (χ1v) is 8.05. The van der Waals surface area contributed by atoms with Crippen LogP contribution in [0.5, 0.6) is 0 Å². The number of carboxylic acids is 1. The van der Waals surface area contributed by atoms with Crippen molar-refractivity contribution in [2.75, 3.05) is 17.3 Å². The number of thioether (sulfide) groups is 1. The Balaban J connectivity index is 2.66. The normalized spacial score (nSPS) is 11.7. The molecule has 0 aliphatic carbocycles. The minimum Gasteiger partial charge on any atom is -0.480 e. The summed E-state index contributed by atoms with van der Waals surface area (Å²) in [6.45, 7) is 1.38. The number of amides is 2. The fourth-order valence-corrected chi connectivity index (χ4v) is 2.75. The van der Waals surface area contributed by atoms with E-state index in [2.05, 4.69) is 10.6 Å². The summed E-state index contributed by atoms with van der Waals surface area (Å²) in [5.74, 6) is -1.06. The molecular weight excluding hydrogens is 300 g/mol. The number of nitrogens with one attached hydrogen (secondary N) is 2. The molecule has 6 nitrogen and oxygen atoms in total. The topological polar surface area (TPSA) is 95.5 Å². The minimum atomic E-state index is -1.05. The molecule has 0 radical (unpaired) electrons. The van der Waals surface area contributed by atoms with Gasteiger partial charge in [0.05, 0.1) is 9.88 Å². The summed E-state index contributed by atoms with van der Waals surface area (Å²) in [5, 5.41) is 14.6. The second-order valence-electron chi connectivity index (χ2n) is 3.99. The SMILES string of the molecule is CSCC[C@H](NC(=O)c1ccc(NC(C)=O)s1)C(=O)O. The predicted octanol–water partition coefficient (Wildman–Crippen LogP) is 1.64. The van der Waals surface area contributed by atoms with Crippen molar-refractivity contribution in [3.05, 3.63) is 17.0 Å². The fourth-order valence-electron chi connectivity index (χ4n) is 1.42. The summed E-state index contributed by atoms with van der Waals surface area (Å²) in [4.78, 5) is 34.2. The van der Waals surface area contributed by atoms with Gasteiger partial charge in [-0.3, -0.25) is 9.59 Å². The zero-order chi connectivity index (χ0) is 15.1. The summed E-state index contributed by atoms with van der Waals surface area (Å²) in [6, 6.07) is 2.26. The molecule has 0 saturated heterocycles. The molecule has 110 valence electrons. The van der Waals surface area contributed by atoms with Gasteiger partial charge in [0.1, 0.15) is 6.04 Å².